The third-order valence-electron chi connectivity index (χ3n) is 9.99. The van der Waals surface area contributed by atoms with Gasteiger partial charge in [0, 0.05) is 37.0 Å². The maximum absolute atomic E-state index is 13.7. The van der Waals surface area contributed by atoms with Gasteiger partial charge in [-0.2, -0.15) is 0 Å². The number of ether oxygens (including phenoxy) is 2. The average molecular weight is 674 g/mol. The lowest BCUT2D eigenvalue weighted by Gasteiger charge is -2.34. The van der Waals surface area contributed by atoms with E-state index in [2.05, 4.69) is 45.0 Å². The van der Waals surface area contributed by atoms with Crippen LogP contribution in [0.4, 0.5) is 5.69 Å². The number of anilines is 1. The van der Waals surface area contributed by atoms with E-state index in [-0.39, 0.29) is 48.1 Å². The minimum atomic E-state index is -0.506. The number of nitrogens with zero attached hydrogens (tertiary/aromatic N) is 2. The van der Waals surface area contributed by atoms with Crippen molar-refractivity contribution in [1.82, 2.24) is 10.6 Å². The largest absolute Gasteiger partial charge is 0.387 e. The summed E-state index contributed by atoms with van der Waals surface area (Å²) in [6.45, 7) is 3.58. The number of fused-ring (bicyclic) bond motifs is 5. The molecule has 2 aromatic carbocycles. The molecule has 2 saturated carbocycles. The second kappa shape index (κ2) is 18.7. The first-order valence-corrected chi connectivity index (χ1v) is 18.3. The SMILES string of the molecule is CCCCCCCC1OC2C3CC(C2O1)C(C(=O)NCCN=C(N)Nc1ccccc1)C3C(=O)NCCN=C(N)CCCc1ccccc1. The Morgan fingerprint density at radius 2 is 1.37 bits per heavy atom. The van der Waals surface area contributed by atoms with Gasteiger partial charge in [0.15, 0.2) is 12.2 Å². The molecule has 7 atom stereocenters. The Kier molecular flexibility index (Phi) is 13.9. The number of guanidine groups is 1. The monoisotopic (exact) mass is 673 g/mol. The van der Waals surface area contributed by atoms with E-state index >= 15 is 0 Å². The summed E-state index contributed by atoms with van der Waals surface area (Å²) in [5.74, 6) is -0.587. The number of nitrogens with two attached hydrogens (primary N) is 2. The zero-order chi connectivity index (χ0) is 34.4. The van der Waals surface area contributed by atoms with E-state index < -0.39 is 11.8 Å². The number of para-hydroxylation sites is 1. The molecular weight excluding hydrogens is 618 g/mol. The van der Waals surface area contributed by atoms with Crippen molar-refractivity contribution >= 4 is 29.3 Å². The molecule has 3 aliphatic rings. The molecule has 0 aromatic heterocycles. The third-order valence-corrected chi connectivity index (χ3v) is 9.99. The molecule has 1 saturated heterocycles. The predicted molar refractivity (Wildman–Crippen MR) is 194 cm³/mol. The van der Waals surface area contributed by atoms with Crippen LogP contribution in [-0.2, 0) is 25.5 Å². The molecule has 2 bridgehead atoms. The quantitative estimate of drug-likeness (QED) is 0.0839. The number of hydrogen-bond donors (Lipinski definition) is 5. The molecule has 2 aliphatic carbocycles. The summed E-state index contributed by atoms with van der Waals surface area (Å²) in [4.78, 5) is 36.3. The molecule has 0 spiro atoms. The average Bonchev–Trinajstić information content (AvgIpc) is 3.80. The minimum Gasteiger partial charge on any atom is -0.387 e. The van der Waals surface area contributed by atoms with E-state index in [4.69, 9.17) is 20.9 Å². The van der Waals surface area contributed by atoms with Crippen LogP contribution in [-0.4, -0.2) is 68.3 Å². The lowest BCUT2D eigenvalue weighted by molar-refractivity contribution is -0.140. The van der Waals surface area contributed by atoms with Crippen LogP contribution < -0.4 is 27.4 Å². The van der Waals surface area contributed by atoms with Crippen LogP contribution in [0.3, 0.4) is 0 Å². The number of amides is 2. The van der Waals surface area contributed by atoms with E-state index in [0.717, 1.165) is 44.2 Å². The van der Waals surface area contributed by atoms with Gasteiger partial charge in [0.05, 0.1) is 43.0 Å². The molecule has 1 aliphatic heterocycles. The maximum Gasteiger partial charge on any atom is 0.224 e. The zero-order valence-electron chi connectivity index (χ0n) is 28.9. The van der Waals surface area contributed by atoms with Crippen LogP contribution in [0.5, 0.6) is 0 Å². The Morgan fingerprint density at radius 1 is 0.776 bits per heavy atom. The van der Waals surface area contributed by atoms with Crippen molar-refractivity contribution in [3.63, 3.8) is 0 Å². The number of aryl methyl sites for hydroxylation is 1. The summed E-state index contributed by atoms with van der Waals surface area (Å²) in [5, 5.41) is 9.13. The van der Waals surface area contributed by atoms with Gasteiger partial charge in [0.2, 0.25) is 11.8 Å². The summed E-state index contributed by atoms with van der Waals surface area (Å²) in [6, 6.07) is 19.9. The highest BCUT2D eigenvalue weighted by molar-refractivity contribution is 5.92. The topological polar surface area (TPSA) is 165 Å². The standard InChI is InChI=1S/C38H55N7O4/c1-2-3-4-5-12-20-31-48-34-28-25-29(35(34)49-31)33(37(47)43-23-24-44-38(40)45-27-17-10-7-11-18-27)32(28)36(46)42-22-21-41-30(39)19-13-16-26-14-8-6-9-15-26/h6-11,14-15,17-18,28-29,31-35H,2-5,12-13,16,19-25H2,1H3,(H2,39,41)(H,42,46)(H,43,47)(H3,40,44,45). The number of aliphatic imine (C=N–C) groups is 2. The van der Waals surface area contributed by atoms with Gasteiger partial charge in [-0.25, -0.2) is 0 Å². The van der Waals surface area contributed by atoms with E-state index in [1.54, 1.807) is 0 Å². The van der Waals surface area contributed by atoms with Crippen LogP contribution in [0.25, 0.3) is 0 Å². The molecule has 266 valence electrons. The number of hydrogen-bond acceptors (Lipinski definition) is 6. The van der Waals surface area contributed by atoms with Gasteiger partial charge in [-0.3, -0.25) is 19.6 Å². The van der Waals surface area contributed by atoms with Crippen molar-refractivity contribution in [2.24, 2.45) is 45.1 Å². The molecule has 1 heterocycles. The molecule has 2 aromatic rings. The van der Waals surface area contributed by atoms with Crippen molar-refractivity contribution in [1.29, 1.82) is 0 Å². The fraction of sp³-hybridized carbons (Fsp3) is 0.579. The van der Waals surface area contributed by atoms with Crippen LogP contribution >= 0.6 is 0 Å². The molecule has 11 heteroatoms. The fourth-order valence-electron chi connectivity index (χ4n) is 7.69. The van der Waals surface area contributed by atoms with Crippen molar-refractivity contribution in [2.75, 3.05) is 31.5 Å². The summed E-state index contributed by atoms with van der Waals surface area (Å²) in [5.41, 5.74) is 14.3. The molecular formula is C38H55N7O4. The van der Waals surface area contributed by atoms with Gasteiger partial charge in [0.1, 0.15) is 0 Å². The second-order valence-electron chi connectivity index (χ2n) is 13.5. The number of rotatable bonds is 19. The van der Waals surface area contributed by atoms with E-state index in [0.29, 0.717) is 38.4 Å². The highest BCUT2D eigenvalue weighted by Crippen LogP contribution is 2.57. The van der Waals surface area contributed by atoms with Gasteiger partial charge in [-0.1, -0.05) is 81.1 Å². The minimum absolute atomic E-state index is 0.0777. The lowest BCUT2D eigenvalue weighted by atomic mass is 9.75. The van der Waals surface area contributed by atoms with Gasteiger partial charge < -0.3 is 36.9 Å². The Bertz CT molecular complexity index is 1390. The number of nitrogens with one attached hydrogen (secondary N) is 3. The van der Waals surface area contributed by atoms with Crippen LogP contribution in [0.1, 0.15) is 70.3 Å². The summed E-state index contributed by atoms with van der Waals surface area (Å²) in [6.07, 6.45) is 9.38. The fourth-order valence-corrected chi connectivity index (χ4v) is 7.69. The van der Waals surface area contributed by atoms with Crippen molar-refractivity contribution in [3.8, 4) is 0 Å². The zero-order valence-corrected chi connectivity index (χ0v) is 28.9. The van der Waals surface area contributed by atoms with Gasteiger partial charge >= 0.3 is 0 Å². The molecule has 7 N–H and O–H groups in total. The molecule has 3 fully saturated rings. The summed E-state index contributed by atoms with van der Waals surface area (Å²) < 4.78 is 12.8. The second-order valence-corrected chi connectivity index (χ2v) is 13.5. The van der Waals surface area contributed by atoms with Crippen LogP contribution in [0, 0.1) is 23.7 Å². The third kappa shape index (κ3) is 10.3. The molecule has 49 heavy (non-hydrogen) atoms. The predicted octanol–water partition coefficient (Wildman–Crippen LogP) is 4.38. The van der Waals surface area contributed by atoms with E-state index in [9.17, 15) is 9.59 Å². The number of benzene rings is 2. The summed E-state index contributed by atoms with van der Waals surface area (Å²) in [7, 11) is 0. The Labute approximate surface area is 291 Å². The molecule has 2 amide bonds. The van der Waals surface area contributed by atoms with E-state index in [1.165, 1.54) is 24.8 Å². The van der Waals surface area contributed by atoms with Crippen LogP contribution in [0.15, 0.2) is 70.6 Å². The van der Waals surface area contributed by atoms with Gasteiger partial charge in [0.25, 0.3) is 0 Å². The number of unbranched alkanes of at least 4 members (excludes halogenated alkanes) is 4. The number of carbonyl (C=O) groups excluding carboxylic acids is 2. The smallest absolute Gasteiger partial charge is 0.224 e. The first-order valence-electron chi connectivity index (χ1n) is 18.3. The lowest BCUT2D eigenvalue weighted by Crippen LogP contribution is -2.52. The molecule has 11 nitrogen and oxygen atoms in total. The first-order chi connectivity index (χ1) is 23.9. The van der Waals surface area contributed by atoms with Crippen molar-refractivity contribution < 1.29 is 19.1 Å². The van der Waals surface area contributed by atoms with Crippen LogP contribution in [0.2, 0.25) is 0 Å². The van der Waals surface area contributed by atoms with Gasteiger partial charge in [-0.15, -0.1) is 0 Å². The summed E-state index contributed by atoms with van der Waals surface area (Å²) >= 11 is 0. The van der Waals surface area contributed by atoms with Gasteiger partial charge in [-0.05, 0) is 49.8 Å². The molecule has 5 rings (SSSR count). The Balaban J connectivity index is 1.14. The van der Waals surface area contributed by atoms with E-state index in [1.807, 2.05) is 48.5 Å². The number of carbonyl (C=O) groups is 2. The Morgan fingerprint density at radius 3 is 2.00 bits per heavy atom. The number of amidine groups is 1. The highest BCUT2D eigenvalue weighted by Gasteiger charge is 2.66. The van der Waals surface area contributed by atoms with Crippen molar-refractivity contribution in [3.05, 3.63) is 66.2 Å². The highest BCUT2D eigenvalue weighted by atomic mass is 16.7. The molecule has 0 radical (unpaired) electrons. The maximum atomic E-state index is 13.7. The van der Waals surface area contributed by atoms with Crippen molar-refractivity contribution in [2.45, 2.75) is 89.6 Å². The molecule has 7 unspecified atom stereocenters. The Hall–Kier alpha value is -3.96. The first kappa shape index (κ1) is 36.3. The normalized spacial score (nSPS) is 26.0.